The summed E-state index contributed by atoms with van der Waals surface area (Å²) in [6, 6.07) is 16.7. The highest BCUT2D eigenvalue weighted by Gasteiger charge is 2.17. The van der Waals surface area contributed by atoms with Crippen molar-refractivity contribution in [3.05, 3.63) is 60.2 Å². The van der Waals surface area contributed by atoms with Crippen molar-refractivity contribution in [2.24, 2.45) is 0 Å². The lowest BCUT2D eigenvalue weighted by Gasteiger charge is -2.22. The van der Waals surface area contributed by atoms with Gasteiger partial charge in [0.1, 0.15) is 5.75 Å². The lowest BCUT2D eigenvalue weighted by Crippen LogP contribution is -2.41. The highest BCUT2D eigenvalue weighted by Crippen LogP contribution is 2.13. The zero-order valence-electron chi connectivity index (χ0n) is 14.7. The van der Waals surface area contributed by atoms with Gasteiger partial charge >= 0.3 is 0 Å². The zero-order chi connectivity index (χ0) is 18.1. The van der Waals surface area contributed by atoms with E-state index in [0.717, 1.165) is 17.7 Å². The highest BCUT2D eigenvalue weighted by molar-refractivity contribution is 5.95. The third-order valence-electron chi connectivity index (χ3n) is 3.71. The number of nitrogens with one attached hydrogen (secondary N) is 1. The van der Waals surface area contributed by atoms with Crippen LogP contribution >= 0.6 is 0 Å². The van der Waals surface area contributed by atoms with E-state index in [2.05, 4.69) is 5.32 Å². The van der Waals surface area contributed by atoms with Gasteiger partial charge in [0.15, 0.2) is 6.61 Å². The summed E-state index contributed by atoms with van der Waals surface area (Å²) in [5, 5.41) is 2.85. The smallest absolute Gasteiger partial charge is 0.260 e. The van der Waals surface area contributed by atoms with Crippen molar-refractivity contribution in [3.8, 4) is 5.75 Å². The maximum absolute atomic E-state index is 12.4. The van der Waals surface area contributed by atoms with E-state index in [9.17, 15) is 9.59 Å². The fourth-order valence-corrected chi connectivity index (χ4v) is 2.39. The second-order valence-electron chi connectivity index (χ2n) is 5.78. The summed E-state index contributed by atoms with van der Waals surface area (Å²) in [5.41, 5.74) is 1.74. The molecule has 0 saturated heterocycles. The third kappa shape index (κ3) is 5.95. The van der Waals surface area contributed by atoms with Crippen molar-refractivity contribution < 1.29 is 14.3 Å². The van der Waals surface area contributed by atoms with Crippen LogP contribution < -0.4 is 10.1 Å². The molecule has 0 spiro atoms. The summed E-state index contributed by atoms with van der Waals surface area (Å²) < 4.78 is 5.49. The topological polar surface area (TPSA) is 58.6 Å². The Hall–Kier alpha value is -2.82. The maximum atomic E-state index is 12.4. The average molecular weight is 340 g/mol. The van der Waals surface area contributed by atoms with E-state index < -0.39 is 0 Å². The molecule has 0 heterocycles. The molecule has 2 amide bonds. The van der Waals surface area contributed by atoms with Crippen LogP contribution in [-0.2, 0) is 9.59 Å². The van der Waals surface area contributed by atoms with Crippen molar-refractivity contribution >= 4 is 17.5 Å². The molecule has 2 aromatic carbocycles. The number of hydrogen-bond donors (Lipinski definition) is 1. The Bertz CT molecular complexity index is 701. The standard InChI is InChI=1S/C20H24N2O3/c1-3-13-22(20(24)15-25-17-10-5-4-6-11-17)14-19(23)21-18-12-8-7-9-16(18)2/h4-12H,3,13-15H2,1-2H3,(H,21,23). The summed E-state index contributed by atoms with van der Waals surface area (Å²) in [6.45, 7) is 4.34. The molecule has 2 aromatic rings. The van der Waals surface area contributed by atoms with Crippen LogP contribution in [0.4, 0.5) is 5.69 Å². The first-order valence-corrected chi connectivity index (χ1v) is 8.41. The SMILES string of the molecule is CCCN(CC(=O)Nc1ccccc1C)C(=O)COc1ccccc1. The molecule has 2 rings (SSSR count). The van der Waals surface area contributed by atoms with Crippen molar-refractivity contribution in [3.63, 3.8) is 0 Å². The molecule has 0 aromatic heterocycles. The molecule has 25 heavy (non-hydrogen) atoms. The Balaban J connectivity index is 1.91. The first kappa shape index (κ1) is 18.5. The lowest BCUT2D eigenvalue weighted by atomic mass is 10.2. The molecule has 0 saturated carbocycles. The minimum atomic E-state index is -0.212. The van der Waals surface area contributed by atoms with Gasteiger partial charge in [0, 0.05) is 12.2 Å². The number of benzene rings is 2. The summed E-state index contributed by atoms with van der Waals surface area (Å²) >= 11 is 0. The van der Waals surface area contributed by atoms with E-state index in [1.54, 1.807) is 12.1 Å². The number of nitrogens with zero attached hydrogens (tertiary/aromatic N) is 1. The summed E-state index contributed by atoms with van der Waals surface area (Å²) in [6.07, 6.45) is 0.773. The highest BCUT2D eigenvalue weighted by atomic mass is 16.5. The van der Waals surface area contributed by atoms with Gasteiger partial charge in [0.25, 0.3) is 5.91 Å². The van der Waals surface area contributed by atoms with E-state index in [-0.39, 0.29) is 25.0 Å². The normalized spacial score (nSPS) is 10.2. The number of hydrogen-bond acceptors (Lipinski definition) is 3. The van der Waals surface area contributed by atoms with Crippen molar-refractivity contribution in [1.82, 2.24) is 4.90 Å². The molecule has 0 aliphatic heterocycles. The molecule has 0 radical (unpaired) electrons. The van der Waals surface area contributed by atoms with Crippen LogP contribution in [0.5, 0.6) is 5.75 Å². The van der Waals surface area contributed by atoms with Crippen molar-refractivity contribution in [2.75, 3.05) is 25.0 Å². The number of para-hydroxylation sites is 2. The number of amides is 2. The molecule has 0 fully saturated rings. The van der Waals surface area contributed by atoms with Crippen LogP contribution in [0.1, 0.15) is 18.9 Å². The van der Waals surface area contributed by atoms with Gasteiger partial charge in [-0.3, -0.25) is 9.59 Å². The fraction of sp³-hybridized carbons (Fsp3) is 0.300. The van der Waals surface area contributed by atoms with Gasteiger partial charge in [-0.25, -0.2) is 0 Å². The Morgan fingerprint density at radius 2 is 1.72 bits per heavy atom. The average Bonchev–Trinajstić information content (AvgIpc) is 2.62. The van der Waals surface area contributed by atoms with Gasteiger partial charge in [-0.1, -0.05) is 43.3 Å². The Labute approximate surface area is 148 Å². The summed E-state index contributed by atoms with van der Waals surface area (Å²) in [7, 11) is 0. The molecule has 5 nitrogen and oxygen atoms in total. The Kier molecular flexibility index (Phi) is 7.01. The van der Waals surface area contributed by atoms with E-state index in [0.29, 0.717) is 12.3 Å². The first-order chi connectivity index (χ1) is 12.1. The number of ether oxygens (including phenoxy) is 1. The second-order valence-corrected chi connectivity index (χ2v) is 5.78. The molecular formula is C20H24N2O3. The number of aryl methyl sites for hydroxylation is 1. The summed E-state index contributed by atoms with van der Waals surface area (Å²) in [5.74, 6) is 0.220. The zero-order valence-corrected chi connectivity index (χ0v) is 14.7. The molecule has 0 aliphatic rings. The van der Waals surface area contributed by atoms with Crippen LogP contribution in [0, 0.1) is 6.92 Å². The monoisotopic (exact) mass is 340 g/mol. The quantitative estimate of drug-likeness (QED) is 0.802. The van der Waals surface area contributed by atoms with Crippen LogP contribution in [0.3, 0.4) is 0 Å². The molecule has 0 bridgehead atoms. The van der Waals surface area contributed by atoms with Gasteiger partial charge in [0.05, 0.1) is 6.54 Å². The van der Waals surface area contributed by atoms with Gasteiger partial charge in [0.2, 0.25) is 5.91 Å². The Morgan fingerprint density at radius 3 is 2.40 bits per heavy atom. The van der Waals surface area contributed by atoms with Crippen LogP contribution in [0.15, 0.2) is 54.6 Å². The van der Waals surface area contributed by atoms with E-state index in [4.69, 9.17) is 4.74 Å². The molecule has 0 unspecified atom stereocenters. The van der Waals surface area contributed by atoms with Gasteiger partial charge in [-0.15, -0.1) is 0 Å². The van der Waals surface area contributed by atoms with Gasteiger partial charge < -0.3 is 15.0 Å². The molecule has 1 N–H and O–H groups in total. The van der Waals surface area contributed by atoms with Gasteiger partial charge in [-0.2, -0.15) is 0 Å². The summed E-state index contributed by atoms with van der Waals surface area (Å²) in [4.78, 5) is 26.2. The van der Waals surface area contributed by atoms with E-state index in [1.165, 1.54) is 4.90 Å². The minimum Gasteiger partial charge on any atom is -0.484 e. The third-order valence-corrected chi connectivity index (χ3v) is 3.71. The lowest BCUT2D eigenvalue weighted by molar-refractivity contribution is -0.136. The molecule has 5 heteroatoms. The number of carbonyl (C=O) groups is 2. The van der Waals surface area contributed by atoms with Crippen LogP contribution in [-0.4, -0.2) is 36.4 Å². The van der Waals surface area contributed by atoms with Crippen LogP contribution in [0.25, 0.3) is 0 Å². The fourth-order valence-electron chi connectivity index (χ4n) is 2.39. The minimum absolute atomic E-state index is 0.0131. The van der Waals surface area contributed by atoms with E-state index in [1.807, 2.05) is 56.3 Å². The Morgan fingerprint density at radius 1 is 1.04 bits per heavy atom. The van der Waals surface area contributed by atoms with Crippen molar-refractivity contribution in [2.45, 2.75) is 20.3 Å². The molecular weight excluding hydrogens is 316 g/mol. The molecule has 132 valence electrons. The predicted molar refractivity (Wildman–Crippen MR) is 98.6 cm³/mol. The molecule has 0 aliphatic carbocycles. The molecule has 0 atom stereocenters. The largest absolute Gasteiger partial charge is 0.484 e. The van der Waals surface area contributed by atoms with Gasteiger partial charge in [-0.05, 0) is 37.1 Å². The second kappa shape index (κ2) is 9.47. The maximum Gasteiger partial charge on any atom is 0.260 e. The van der Waals surface area contributed by atoms with Crippen LogP contribution in [0.2, 0.25) is 0 Å². The van der Waals surface area contributed by atoms with E-state index >= 15 is 0 Å². The number of anilines is 1. The van der Waals surface area contributed by atoms with Crippen molar-refractivity contribution in [1.29, 1.82) is 0 Å². The predicted octanol–water partition coefficient (Wildman–Crippen LogP) is 3.25. The number of rotatable bonds is 8. The number of carbonyl (C=O) groups excluding carboxylic acids is 2. The first-order valence-electron chi connectivity index (χ1n) is 8.41.